The second-order valence-electron chi connectivity index (χ2n) is 3.08. The molecule has 13 heavy (non-hydrogen) atoms. The van der Waals surface area contributed by atoms with Crippen LogP contribution in [0.2, 0.25) is 0 Å². The lowest BCUT2D eigenvalue weighted by atomic mass is 10.0. The Labute approximate surface area is 84.7 Å². The number of nitrogens with zero attached hydrogens (tertiary/aromatic N) is 1. The third kappa shape index (κ3) is 1.72. The van der Waals surface area contributed by atoms with E-state index in [4.69, 9.17) is 0 Å². The summed E-state index contributed by atoms with van der Waals surface area (Å²) >= 11 is 3.42. The fraction of sp³-hybridized carbons (Fsp3) is 0.333. The van der Waals surface area contributed by atoms with Gasteiger partial charge in [0.15, 0.2) is 0 Å². The van der Waals surface area contributed by atoms with Gasteiger partial charge in [-0.25, -0.2) is 0 Å². The number of hydrogen-bond acceptors (Lipinski definition) is 2. The number of hydrogen-bond donors (Lipinski definition) is 1. The van der Waals surface area contributed by atoms with E-state index in [1.807, 2.05) is 12.1 Å². The molecule has 0 spiro atoms. The molecular formula is C9H9BrN2O. The van der Waals surface area contributed by atoms with Crippen LogP contribution in [0.15, 0.2) is 22.8 Å². The lowest BCUT2D eigenvalue weighted by Crippen LogP contribution is -2.13. The summed E-state index contributed by atoms with van der Waals surface area (Å²) in [6.45, 7) is 0.703. The van der Waals surface area contributed by atoms with E-state index in [0.717, 1.165) is 10.2 Å². The molecule has 0 bridgehead atoms. The third-order valence-corrected chi connectivity index (χ3v) is 2.82. The van der Waals surface area contributed by atoms with E-state index < -0.39 is 0 Å². The molecule has 2 rings (SSSR count). The van der Waals surface area contributed by atoms with Crippen LogP contribution in [-0.4, -0.2) is 17.4 Å². The topological polar surface area (TPSA) is 42.0 Å². The second kappa shape index (κ2) is 3.46. The van der Waals surface area contributed by atoms with E-state index in [0.29, 0.717) is 13.0 Å². The zero-order valence-electron chi connectivity index (χ0n) is 6.96. The van der Waals surface area contributed by atoms with Crippen LogP contribution in [0.25, 0.3) is 0 Å². The average molecular weight is 241 g/mol. The molecule has 1 atom stereocenters. The first-order chi connectivity index (χ1) is 6.27. The molecule has 1 aliphatic heterocycles. The summed E-state index contributed by atoms with van der Waals surface area (Å²) in [7, 11) is 0. The molecule has 0 saturated carbocycles. The minimum atomic E-state index is 0.113. The molecular weight excluding hydrogens is 232 g/mol. The zero-order valence-corrected chi connectivity index (χ0v) is 8.54. The van der Waals surface area contributed by atoms with Crippen LogP contribution in [0.3, 0.4) is 0 Å². The molecule has 1 fully saturated rings. The molecule has 1 amide bonds. The lowest BCUT2D eigenvalue weighted by Gasteiger charge is -2.07. The van der Waals surface area contributed by atoms with E-state index in [1.54, 1.807) is 6.20 Å². The van der Waals surface area contributed by atoms with Crippen molar-refractivity contribution >= 4 is 21.8 Å². The quantitative estimate of drug-likeness (QED) is 0.808. The third-order valence-electron chi connectivity index (χ3n) is 2.15. The highest BCUT2D eigenvalue weighted by atomic mass is 79.9. The maximum absolute atomic E-state index is 11.0. The van der Waals surface area contributed by atoms with E-state index in [1.165, 1.54) is 0 Å². The molecule has 1 aliphatic rings. The van der Waals surface area contributed by atoms with Gasteiger partial charge in [-0.1, -0.05) is 0 Å². The summed E-state index contributed by atoms with van der Waals surface area (Å²) in [5.41, 5.74) is 0.973. The Morgan fingerprint density at radius 3 is 3.08 bits per heavy atom. The fourth-order valence-electron chi connectivity index (χ4n) is 1.50. The first-order valence-corrected chi connectivity index (χ1v) is 4.94. The first-order valence-electron chi connectivity index (χ1n) is 4.14. The maximum atomic E-state index is 11.0. The molecule has 68 valence electrons. The van der Waals surface area contributed by atoms with Crippen molar-refractivity contribution < 1.29 is 4.79 Å². The molecule has 2 heterocycles. The zero-order chi connectivity index (χ0) is 9.26. The van der Waals surface area contributed by atoms with Gasteiger partial charge < -0.3 is 5.32 Å². The Balaban J connectivity index is 2.26. The van der Waals surface area contributed by atoms with Crippen molar-refractivity contribution in [2.75, 3.05) is 6.54 Å². The number of nitrogens with one attached hydrogen (secondary N) is 1. The summed E-state index contributed by atoms with van der Waals surface area (Å²) in [4.78, 5) is 15.2. The molecule has 4 heteroatoms. The van der Waals surface area contributed by atoms with Gasteiger partial charge in [-0.15, -0.1) is 0 Å². The predicted molar refractivity (Wildman–Crippen MR) is 52.3 cm³/mol. The largest absolute Gasteiger partial charge is 0.355 e. The second-order valence-corrected chi connectivity index (χ2v) is 3.93. The monoisotopic (exact) mass is 240 g/mol. The Kier molecular flexibility index (Phi) is 2.31. The Hall–Kier alpha value is -0.900. The number of aromatic nitrogens is 1. The highest BCUT2D eigenvalue weighted by Crippen LogP contribution is 2.27. The van der Waals surface area contributed by atoms with Gasteiger partial charge in [0.25, 0.3) is 0 Å². The molecule has 1 aromatic heterocycles. The minimum Gasteiger partial charge on any atom is -0.355 e. The van der Waals surface area contributed by atoms with Crippen LogP contribution in [0, 0.1) is 0 Å². The summed E-state index contributed by atoms with van der Waals surface area (Å²) in [6.07, 6.45) is 2.30. The number of pyridine rings is 1. The highest BCUT2D eigenvalue weighted by Gasteiger charge is 2.25. The number of halogens is 1. The van der Waals surface area contributed by atoms with E-state index >= 15 is 0 Å². The number of amides is 1. The number of carbonyl (C=O) groups is 1. The van der Waals surface area contributed by atoms with E-state index in [2.05, 4.69) is 26.2 Å². The van der Waals surface area contributed by atoms with Crippen LogP contribution in [0.1, 0.15) is 18.0 Å². The van der Waals surface area contributed by atoms with Gasteiger partial charge in [-0.05, 0) is 28.1 Å². The van der Waals surface area contributed by atoms with Crippen LogP contribution in [-0.2, 0) is 4.79 Å². The van der Waals surface area contributed by atoms with Crippen LogP contribution >= 0.6 is 15.9 Å². The fourth-order valence-corrected chi connectivity index (χ4v) is 2.08. The SMILES string of the molecule is O=C1CC(c2ncccc2Br)CN1. The lowest BCUT2D eigenvalue weighted by molar-refractivity contribution is -0.119. The predicted octanol–water partition coefficient (Wildman–Crippen LogP) is 1.45. The van der Waals surface area contributed by atoms with Gasteiger partial charge in [-0.2, -0.15) is 0 Å². The number of carbonyl (C=O) groups excluding carboxylic acids is 1. The average Bonchev–Trinajstić information content (AvgIpc) is 2.53. The van der Waals surface area contributed by atoms with Gasteiger partial charge in [0.05, 0.1) is 5.69 Å². The Morgan fingerprint density at radius 2 is 2.46 bits per heavy atom. The van der Waals surface area contributed by atoms with E-state index in [9.17, 15) is 4.79 Å². The van der Waals surface area contributed by atoms with Gasteiger partial charge in [-0.3, -0.25) is 9.78 Å². The summed E-state index contributed by atoms with van der Waals surface area (Å²) in [6, 6.07) is 3.82. The van der Waals surface area contributed by atoms with Crippen LogP contribution in [0.4, 0.5) is 0 Å². The molecule has 1 saturated heterocycles. The summed E-state index contributed by atoms with van der Waals surface area (Å²) in [5, 5.41) is 2.80. The number of rotatable bonds is 1. The van der Waals surface area contributed by atoms with Crippen molar-refractivity contribution in [2.45, 2.75) is 12.3 Å². The van der Waals surface area contributed by atoms with Crippen molar-refractivity contribution in [1.29, 1.82) is 0 Å². The van der Waals surface area contributed by atoms with Crippen molar-refractivity contribution in [1.82, 2.24) is 10.3 Å². The van der Waals surface area contributed by atoms with Gasteiger partial charge >= 0.3 is 0 Å². The maximum Gasteiger partial charge on any atom is 0.220 e. The molecule has 3 nitrogen and oxygen atoms in total. The van der Waals surface area contributed by atoms with Crippen molar-refractivity contribution in [3.63, 3.8) is 0 Å². The van der Waals surface area contributed by atoms with Crippen molar-refractivity contribution in [2.24, 2.45) is 0 Å². The van der Waals surface area contributed by atoms with E-state index in [-0.39, 0.29) is 11.8 Å². The van der Waals surface area contributed by atoms with Crippen LogP contribution in [0.5, 0.6) is 0 Å². The normalized spacial score (nSPS) is 21.6. The molecule has 0 radical (unpaired) electrons. The first kappa shape index (κ1) is 8.69. The highest BCUT2D eigenvalue weighted by molar-refractivity contribution is 9.10. The molecule has 1 aromatic rings. The molecule has 1 N–H and O–H groups in total. The summed E-state index contributed by atoms with van der Waals surface area (Å²) in [5.74, 6) is 0.339. The molecule has 1 unspecified atom stereocenters. The van der Waals surface area contributed by atoms with Gasteiger partial charge in [0, 0.05) is 29.6 Å². The van der Waals surface area contributed by atoms with Gasteiger partial charge in [0.2, 0.25) is 5.91 Å². The minimum absolute atomic E-state index is 0.113. The van der Waals surface area contributed by atoms with Crippen LogP contribution < -0.4 is 5.32 Å². The molecule has 0 aliphatic carbocycles. The van der Waals surface area contributed by atoms with Gasteiger partial charge in [0.1, 0.15) is 0 Å². The van der Waals surface area contributed by atoms with Crippen molar-refractivity contribution in [3.05, 3.63) is 28.5 Å². The summed E-state index contributed by atoms with van der Waals surface area (Å²) < 4.78 is 0.983. The van der Waals surface area contributed by atoms with Crippen molar-refractivity contribution in [3.8, 4) is 0 Å². The smallest absolute Gasteiger partial charge is 0.220 e. The molecule has 0 aromatic carbocycles. The Morgan fingerprint density at radius 1 is 1.62 bits per heavy atom. The standard InChI is InChI=1S/C9H9BrN2O/c10-7-2-1-3-11-9(7)6-4-8(13)12-5-6/h1-3,6H,4-5H2,(H,12,13). The Bertz CT molecular complexity index is 340.